The Kier molecular flexibility index (Phi) is 134. The van der Waals surface area contributed by atoms with Crippen LogP contribution in [0.1, 0.15) is 13.8 Å². The molecule has 0 aliphatic heterocycles. The largest absolute Gasteiger partial charge is 0.588 e. The van der Waals surface area contributed by atoms with E-state index in [1.54, 1.807) is 0 Å². The van der Waals surface area contributed by atoms with Crippen LogP contribution in [0.5, 0.6) is 0 Å². The molecule has 0 atom stereocenters. The minimum Gasteiger partial charge on any atom is -0.588 e. The van der Waals surface area contributed by atoms with E-state index in [9.17, 15) is 0 Å². The van der Waals surface area contributed by atoms with E-state index >= 15 is 0 Å². The number of hydrogen-bond acceptors (Lipinski definition) is 4. The number of aliphatic carboxylic acids is 2. The maximum atomic E-state index is 9.00. The van der Waals surface area contributed by atoms with Crippen molar-refractivity contribution in [3.63, 3.8) is 0 Å². The topological polar surface area (TPSA) is 193 Å². The van der Waals surface area contributed by atoms with Crippen molar-refractivity contribution in [1.29, 1.82) is 0 Å². The summed E-state index contributed by atoms with van der Waals surface area (Å²) in [4.78, 5) is 9.00. The third-order valence-corrected chi connectivity index (χ3v) is 0.121. The third-order valence-electron chi connectivity index (χ3n) is 0.121. The molecule has 14 heavy (non-hydrogen) atoms. The molecule has 0 rings (SSSR count). The summed E-state index contributed by atoms with van der Waals surface area (Å²) in [7, 11) is 0. The average Bonchev–Trinajstić information content (AvgIpc) is 1.65. The summed E-state index contributed by atoms with van der Waals surface area (Å²) in [6.07, 6.45) is 0. The molecule has 0 unspecified atom stereocenters. The van der Waals surface area contributed by atoms with Crippen molar-refractivity contribution in [2.24, 2.45) is 0 Å². The van der Waals surface area contributed by atoms with E-state index in [1.807, 2.05) is 0 Å². The van der Waals surface area contributed by atoms with Crippen LogP contribution in [0, 0.1) is 0 Å². The molecule has 8 nitrogen and oxygen atoms in total. The summed E-state index contributed by atoms with van der Waals surface area (Å²) in [5.41, 5.74) is 0. The van der Waals surface area contributed by atoms with Gasteiger partial charge in [-0.15, -0.1) is 0 Å². The zero-order valence-electron chi connectivity index (χ0n) is 8.45. The fraction of sp³-hybridized carbons (Fsp3) is 0.500. The Morgan fingerprint density at radius 1 is 1.14 bits per heavy atom. The molecule has 0 bridgehead atoms. The molecule has 82 valence electrons. The third kappa shape index (κ3) is 402. The normalized spacial score (nSPS) is 6.00. The fourth-order valence-electron chi connectivity index (χ4n) is 0. The van der Waals surface area contributed by atoms with Crippen molar-refractivity contribution < 1.29 is 69.3 Å². The SMILES string of the molecule is CC(=O)O.CC(O)=[O+][O-].N.N.O.[Zn].[Zn]. The Hall–Kier alpha value is -0.133. The molecule has 0 amide bonds. The quantitative estimate of drug-likeness (QED) is 0.181. The Morgan fingerprint density at radius 3 is 1.21 bits per heavy atom. The van der Waals surface area contributed by atoms with Crippen LogP contribution >= 0.6 is 0 Å². The van der Waals surface area contributed by atoms with Gasteiger partial charge in [0.2, 0.25) is 0 Å². The van der Waals surface area contributed by atoms with Gasteiger partial charge in [0.15, 0.2) is 0 Å². The minimum atomic E-state index is -0.833. The molecule has 10 N–H and O–H groups in total. The molecule has 0 heterocycles. The summed E-state index contributed by atoms with van der Waals surface area (Å²) < 4.78 is 2.97. The van der Waals surface area contributed by atoms with E-state index in [1.165, 1.54) is 0 Å². The van der Waals surface area contributed by atoms with Crippen LogP contribution in [0.2, 0.25) is 0 Å². The number of hydrogen-bond donors (Lipinski definition) is 4. The maximum Gasteiger partial charge on any atom is 0.491 e. The molecule has 0 fully saturated rings. The molecule has 0 aromatic rings. The van der Waals surface area contributed by atoms with Crippen molar-refractivity contribution in [3.05, 3.63) is 0 Å². The van der Waals surface area contributed by atoms with Crippen LogP contribution < -0.4 is 17.6 Å². The van der Waals surface area contributed by atoms with Crippen molar-refractivity contribution in [2.75, 3.05) is 0 Å². The van der Waals surface area contributed by atoms with Crippen molar-refractivity contribution >= 4 is 11.9 Å². The second-order valence-electron chi connectivity index (χ2n) is 1.12. The molecule has 0 aromatic heterocycles. The van der Waals surface area contributed by atoms with Gasteiger partial charge in [0, 0.05) is 45.9 Å². The van der Waals surface area contributed by atoms with E-state index in [0.29, 0.717) is 0 Å². The van der Waals surface area contributed by atoms with E-state index in [-0.39, 0.29) is 56.7 Å². The maximum absolute atomic E-state index is 9.00. The predicted octanol–water partition coefficient (Wildman–Crippen LogP) is -1.51. The molecule has 0 spiro atoms. The van der Waals surface area contributed by atoms with Gasteiger partial charge in [-0.1, -0.05) is 0 Å². The molecular weight excluding hydrogens is 303 g/mol. The van der Waals surface area contributed by atoms with Gasteiger partial charge < -0.3 is 33.2 Å². The van der Waals surface area contributed by atoms with Crippen LogP contribution in [0.15, 0.2) is 0 Å². The first-order chi connectivity index (χ1) is 4.00. The molecular formula is C4H16N2O6Zn2. The molecule has 0 radical (unpaired) electrons. The van der Waals surface area contributed by atoms with E-state index in [4.69, 9.17) is 20.3 Å². The van der Waals surface area contributed by atoms with Gasteiger partial charge in [-0.25, -0.2) is 0 Å². The monoisotopic (exact) mass is 316 g/mol. The Balaban J connectivity index is -0.0000000104. The summed E-state index contributed by atoms with van der Waals surface area (Å²) in [5, 5.41) is 24.0. The minimum absolute atomic E-state index is 0. The summed E-state index contributed by atoms with van der Waals surface area (Å²) in [6, 6.07) is 0. The fourth-order valence-corrected chi connectivity index (χ4v) is 0. The van der Waals surface area contributed by atoms with Crippen LogP contribution in [0.3, 0.4) is 0 Å². The standard InChI is InChI=1S/C2H4O3.C2H4O2.2H3N.H2O.2Zn/c1-2(3)5-4;1-2(3)4;;;;;/h3H,1H3;1H3,(H,3,4);2*1H3;1H2;;. The summed E-state index contributed by atoms with van der Waals surface area (Å²) in [6.45, 7) is 2.24. The number of carboxylic acid groups (broad SMARTS) is 2. The second-order valence-corrected chi connectivity index (χ2v) is 1.12. The van der Waals surface area contributed by atoms with Gasteiger partial charge in [-0.05, 0) is 0 Å². The molecule has 0 saturated carbocycles. The van der Waals surface area contributed by atoms with Gasteiger partial charge in [0.25, 0.3) is 5.97 Å². The number of carbonyl (C=O) groups is 1. The van der Waals surface area contributed by atoms with Crippen LogP contribution in [-0.2, 0) is 48.3 Å². The van der Waals surface area contributed by atoms with Gasteiger partial charge in [-0.3, -0.25) is 9.37 Å². The Labute approximate surface area is 107 Å². The number of rotatable bonds is 0. The summed E-state index contributed by atoms with van der Waals surface area (Å²) >= 11 is 0. The van der Waals surface area contributed by atoms with Gasteiger partial charge in [-0.2, -0.15) is 0 Å². The predicted molar refractivity (Wildman–Crippen MR) is 40.3 cm³/mol. The van der Waals surface area contributed by atoms with E-state index < -0.39 is 11.9 Å². The van der Waals surface area contributed by atoms with Gasteiger partial charge in [0.1, 0.15) is 0 Å². The number of aliphatic hydroxyl groups excluding tert-OH is 1. The zero-order chi connectivity index (χ0) is 7.86. The van der Waals surface area contributed by atoms with Crippen molar-refractivity contribution in [1.82, 2.24) is 12.3 Å². The molecule has 10 heteroatoms. The first-order valence-electron chi connectivity index (χ1n) is 2.02. The van der Waals surface area contributed by atoms with E-state index in [2.05, 4.69) is 4.58 Å². The van der Waals surface area contributed by atoms with Crippen LogP contribution in [-0.4, -0.2) is 27.6 Å². The molecule has 0 saturated heterocycles. The van der Waals surface area contributed by atoms with Crippen molar-refractivity contribution in [3.8, 4) is 0 Å². The zero-order valence-corrected chi connectivity index (χ0v) is 14.4. The Bertz CT molecular complexity index is 114. The van der Waals surface area contributed by atoms with Crippen LogP contribution in [0.25, 0.3) is 0 Å². The van der Waals surface area contributed by atoms with Crippen molar-refractivity contribution in [2.45, 2.75) is 13.8 Å². The average molecular weight is 319 g/mol. The Morgan fingerprint density at radius 2 is 1.21 bits per heavy atom. The first kappa shape index (κ1) is 48.7. The molecule has 0 aromatic carbocycles. The van der Waals surface area contributed by atoms with E-state index in [0.717, 1.165) is 13.8 Å². The van der Waals surface area contributed by atoms with Crippen LogP contribution in [0.4, 0.5) is 0 Å². The van der Waals surface area contributed by atoms with Gasteiger partial charge in [0.05, 0.1) is 6.92 Å². The first-order valence-corrected chi connectivity index (χ1v) is 2.02. The van der Waals surface area contributed by atoms with Gasteiger partial charge >= 0.3 is 5.97 Å². The number of carboxylic acids is 2. The second kappa shape index (κ2) is 38.4. The smallest absolute Gasteiger partial charge is 0.491 e. The summed E-state index contributed by atoms with van der Waals surface area (Å²) in [5.74, 6) is -1.38. The molecule has 0 aliphatic carbocycles. The molecule has 0 aliphatic rings.